The van der Waals surface area contributed by atoms with Crippen LogP contribution >= 0.6 is 15.9 Å². The summed E-state index contributed by atoms with van der Waals surface area (Å²) in [6.45, 7) is 4.53. The van der Waals surface area contributed by atoms with Crippen LogP contribution in [0.25, 0.3) is 0 Å². The minimum absolute atomic E-state index is 0.179. The summed E-state index contributed by atoms with van der Waals surface area (Å²) in [5.74, 6) is 0.662. The van der Waals surface area contributed by atoms with Crippen LogP contribution < -0.4 is 19.6 Å². The van der Waals surface area contributed by atoms with E-state index >= 15 is 0 Å². The van der Waals surface area contributed by atoms with Crippen LogP contribution in [-0.2, 0) is 11.2 Å². The zero-order valence-electron chi connectivity index (χ0n) is 19.6. The van der Waals surface area contributed by atoms with Gasteiger partial charge >= 0.3 is 5.97 Å². The molecule has 3 aromatic carbocycles. The van der Waals surface area contributed by atoms with Crippen molar-refractivity contribution in [2.45, 2.75) is 26.7 Å². The summed E-state index contributed by atoms with van der Waals surface area (Å²) >= 11 is 3.39. The van der Waals surface area contributed by atoms with E-state index in [0.29, 0.717) is 35.0 Å². The van der Waals surface area contributed by atoms with E-state index in [-0.39, 0.29) is 6.61 Å². The number of hydrazone groups is 1. The van der Waals surface area contributed by atoms with Crippen molar-refractivity contribution in [2.75, 3.05) is 13.2 Å². The lowest BCUT2D eigenvalue weighted by Gasteiger charge is -2.09. The Bertz CT molecular complexity index is 1160. The maximum absolute atomic E-state index is 12.6. The molecule has 0 aliphatic heterocycles. The zero-order valence-corrected chi connectivity index (χ0v) is 21.2. The predicted molar refractivity (Wildman–Crippen MR) is 138 cm³/mol. The molecule has 8 heteroatoms. The minimum Gasteiger partial charge on any atom is -0.494 e. The number of hydrogen-bond donors (Lipinski definition) is 1. The highest BCUT2D eigenvalue weighted by Gasteiger charge is 2.12. The second-order valence-electron chi connectivity index (χ2n) is 7.52. The maximum Gasteiger partial charge on any atom is 0.343 e. The number of carbonyl (C=O) groups excluding carboxylic acids is 2. The summed E-state index contributed by atoms with van der Waals surface area (Å²) in [6.07, 6.45) is 3.24. The summed E-state index contributed by atoms with van der Waals surface area (Å²) < 4.78 is 17.3. The highest BCUT2D eigenvalue weighted by atomic mass is 79.9. The van der Waals surface area contributed by atoms with Gasteiger partial charge in [-0.25, -0.2) is 10.2 Å². The minimum atomic E-state index is -0.518. The van der Waals surface area contributed by atoms with Crippen molar-refractivity contribution < 1.29 is 23.8 Å². The number of hydrogen-bond acceptors (Lipinski definition) is 6. The van der Waals surface area contributed by atoms with Gasteiger partial charge in [0.05, 0.1) is 18.4 Å². The van der Waals surface area contributed by atoms with E-state index < -0.39 is 11.9 Å². The van der Waals surface area contributed by atoms with Crippen molar-refractivity contribution in [3.63, 3.8) is 0 Å². The first kappa shape index (κ1) is 26.0. The first-order valence-electron chi connectivity index (χ1n) is 11.3. The third kappa shape index (κ3) is 8.26. The lowest BCUT2D eigenvalue weighted by Crippen LogP contribution is -2.24. The first-order valence-corrected chi connectivity index (χ1v) is 12.1. The number of carbonyl (C=O) groups is 2. The van der Waals surface area contributed by atoms with Gasteiger partial charge in [0.2, 0.25) is 0 Å². The number of aryl methyl sites for hydroxylation is 1. The molecular formula is C27H27BrN2O5. The summed E-state index contributed by atoms with van der Waals surface area (Å²) in [4.78, 5) is 24.7. The Morgan fingerprint density at radius 1 is 0.943 bits per heavy atom. The van der Waals surface area contributed by atoms with Crippen LogP contribution in [0.3, 0.4) is 0 Å². The fourth-order valence-corrected chi connectivity index (χ4v) is 3.33. The lowest BCUT2D eigenvalue weighted by molar-refractivity contribution is -0.123. The molecule has 1 amide bonds. The van der Waals surface area contributed by atoms with Crippen LogP contribution in [0.1, 0.15) is 41.8 Å². The summed E-state index contributed by atoms with van der Waals surface area (Å²) in [5.41, 5.74) is 4.50. The Balaban J connectivity index is 1.58. The van der Waals surface area contributed by atoms with Gasteiger partial charge in [-0.2, -0.15) is 5.10 Å². The maximum atomic E-state index is 12.6. The van der Waals surface area contributed by atoms with Crippen LogP contribution in [0.2, 0.25) is 0 Å². The first-order chi connectivity index (χ1) is 17.0. The van der Waals surface area contributed by atoms with E-state index in [9.17, 15) is 9.59 Å². The van der Waals surface area contributed by atoms with Gasteiger partial charge in [-0.05, 0) is 73.0 Å². The lowest BCUT2D eigenvalue weighted by atomic mass is 10.2. The Kier molecular flexibility index (Phi) is 9.86. The van der Waals surface area contributed by atoms with Crippen LogP contribution in [0, 0.1) is 0 Å². The number of amides is 1. The van der Waals surface area contributed by atoms with Crippen LogP contribution in [-0.4, -0.2) is 31.3 Å². The highest BCUT2D eigenvalue weighted by molar-refractivity contribution is 9.10. The average molecular weight is 539 g/mol. The van der Waals surface area contributed by atoms with Gasteiger partial charge in [-0.15, -0.1) is 0 Å². The highest BCUT2D eigenvalue weighted by Crippen LogP contribution is 2.23. The smallest absolute Gasteiger partial charge is 0.343 e. The van der Waals surface area contributed by atoms with Gasteiger partial charge < -0.3 is 14.2 Å². The fourth-order valence-electron chi connectivity index (χ4n) is 2.96. The predicted octanol–water partition coefficient (Wildman–Crippen LogP) is 5.55. The summed E-state index contributed by atoms with van der Waals surface area (Å²) in [7, 11) is 0. The molecule has 0 atom stereocenters. The molecule has 0 aliphatic carbocycles. The number of nitrogens with one attached hydrogen (secondary N) is 1. The summed E-state index contributed by atoms with van der Waals surface area (Å²) in [5, 5.41) is 3.97. The number of rotatable bonds is 11. The molecule has 0 saturated carbocycles. The van der Waals surface area contributed by atoms with E-state index in [1.165, 1.54) is 11.8 Å². The van der Waals surface area contributed by atoms with E-state index in [1.54, 1.807) is 42.5 Å². The second-order valence-corrected chi connectivity index (χ2v) is 8.44. The standard InChI is InChI=1S/C27H27BrN2O5/c1-3-15-33-23-12-7-20(8-13-23)27(32)35-25-14-9-22(28)16-21(25)17-29-30-26(31)18-34-24-10-5-19(4-2)6-11-24/h5-14,16-17H,3-4,15,18H2,1-2H3,(H,30,31)/b29-17+. The van der Waals surface area contributed by atoms with Crippen molar-refractivity contribution in [1.82, 2.24) is 5.43 Å². The molecule has 0 aliphatic rings. The van der Waals surface area contributed by atoms with E-state index in [1.807, 2.05) is 31.2 Å². The second kappa shape index (κ2) is 13.3. The molecular weight excluding hydrogens is 512 g/mol. The van der Waals surface area contributed by atoms with Crippen LogP contribution in [0.15, 0.2) is 76.3 Å². The van der Waals surface area contributed by atoms with Crippen molar-refractivity contribution in [1.29, 1.82) is 0 Å². The van der Waals surface area contributed by atoms with Crippen molar-refractivity contribution in [3.05, 3.63) is 87.9 Å². The molecule has 7 nitrogen and oxygen atoms in total. The molecule has 0 heterocycles. The number of nitrogens with zero attached hydrogens (tertiary/aromatic N) is 1. The molecule has 0 bridgehead atoms. The molecule has 0 aromatic heterocycles. The Hall–Kier alpha value is -3.65. The SMILES string of the molecule is CCCOc1ccc(C(=O)Oc2ccc(Br)cc2/C=N/NC(=O)COc2ccc(CC)cc2)cc1. The van der Waals surface area contributed by atoms with Gasteiger partial charge in [0, 0.05) is 10.0 Å². The van der Waals surface area contributed by atoms with Crippen molar-refractivity contribution in [3.8, 4) is 17.2 Å². The third-order valence-corrected chi connectivity index (χ3v) is 5.33. The Morgan fingerprint density at radius 2 is 1.63 bits per heavy atom. The summed E-state index contributed by atoms with van der Waals surface area (Å²) in [6, 6.07) is 19.4. The van der Waals surface area contributed by atoms with E-state index in [2.05, 4.69) is 33.4 Å². The fraction of sp³-hybridized carbons (Fsp3) is 0.222. The molecule has 35 heavy (non-hydrogen) atoms. The average Bonchev–Trinajstić information content (AvgIpc) is 2.88. The van der Waals surface area contributed by atoms with E-state index in [0.717, 1.165) is 17.3 Å². The van der Waals surface area contributed by atoms with Gasteiger partial charge in [-0.1, -0.05) is 41.9 Å². The zero-order chi connectivity index (χ0) is 25.0. The quantitative estimate of drug-likeness (QED) is 0.150. The molecule has 1 N–H and O–H groups in total. The molecule has 0 fully saturated rings. The van der Waals surface area contributed by atoms with Gasteiger partial charge in [0.15, 0.2) is 6.61 Å². The number of halogens is 1. The topological polar surface area (TPSA) is 86.2 Å². The monoisotopic (exact) mass is 538 g/mol. The van der Waals surface area contributed by atoms with E-state index in [4.69, 9.17) is 14.2 Å². The molecule has 3 aromatic rings. The molecule has 3 rings (SSSR count). The molecule has 182 valence electrons. The Labute approximate surface area is 213 Å². The molecule has 0 spiro atoms. The number of ether oxygens (including phenoxy) is 3. The van der Waals surface area contributed by atoms with Gasteiger partial charge in [0.25, 0.3) is 5.91 Å². The van der Waals surface area contributed by atoms with Crippen molar-refractivity contribution in [2.24, 2.45) is 5.10 Å². The van der Waals surface area contributed by atoms with Crippen molar-refractivity contribution >= 4 is 34.0 Å². The Morgan fingerprint density at radius 3 is 2.31 bits per heavy atom. The third-order valence-electron chi connectivity index (χ3n) is 4.83. The normalized spacial score (nSPS) is 10.7. The largest absolute Gasteiger partial charge is 0.494 e. The van der Waals surface area contributed by atoms with Crippen LogP contribution in [0.5, 0.6) is 17.2 Å². The molecule has 0 saturated heterocycles. The molecule has 0 unspecified atom stereocenters. The van der Waals surface area contributed by atoms with Crippen LogP contribution in [0.4, 0.5) is 0 Å². The van der Waals surface area contributed by atoms with Gasteiger partial charge in [-0.3, -0.25) is 4.79 Å². The number of benzene rings is 3. The number of esters is 1. The molecule has 0 radical (unpaired) electrons. The van der Waals surface area contributed by atoms with Gasteiger partial charge in [0.1, 0.15) is 17.2 Å².